The molecule has 0 aromatic heterocycles. The first-order valence-corrected chi connectivity index (χ1v) is 6.54. The molecule has 1 aromatic rings. The SMILES string of the molecule is CC(NCC(C)(C)CCCO)c1ccc(F)cc1. The average Bonchev–Trinajstić information content (AvgIpc) is 2.35. The fraction of sp³-hybridized carbons (Fsp3) is 0.600. The van der Waals surface area contributed by atoms with Crippen LogP contribution in [0, 0.1) is 11.2 Å². The van der Waals surface area contributed by atoms with Gasteiger partial charge in [0.2, 0.25) is 0 Å². The zero-order valence-corrected chi connectivity index (χ0v) is 11.5. The lowest BCUT2D eigenvalue weighted by molar-refractivity contribution is 0.233. The Morgan fingerprint density at radius 2 is 1.89 bits per heavy atom. The van der Waals surface area contributed by atoms with Gasteiger partial charge in [-0.3, -0.25) is 0 Å². The molecule has 0 saturated heterocycles. The Morgan fingerprint density at radius 1 is 1.28 bits per heavy atom. The molecule has 0 aliphatic rings. The van der Waals surface area contributed by atoms with Crippen LogP contribution < -0.4 is 5.32 Å². The molecule has 3 heteroatoms. The van der Waals surface area contributed by atoms with E-state index in [1.165, 1.54) is 12.1 Å². The van der Waals surface area contributed by atoms with Gasteiger partial charge in [0, 0.05) is 19.2 Å². The molecule has 0 aliphatic carbocycles. The molecule has 2 nitrogen and oxygen atoms in total. The second-order valence-corrected chi connectivity index (χ2v) is 5.65. The van der Waals surface area contributed by atoms with E-state index in [0.29, 0.717) is 0 Å². The summed E-state index contributed by atoms with van der Waals surface area (Å²) in [5, 5.41) is 12.3. The predicted octanol–water partition coefficient (Wildman–Crippen LogP) is 3.28. The van der Waals surface area contributed by atoms with E-state index in [1.807, 2.05) is 12.1 Å². The molecule has 0 amide bonds. The first-order chi connectivity index (χ1) is 8.44. The Bertz CT molecular complexity index is 348. The van der Waals surface area contributed by atoms with Crippen LogP contribution in [0.1, 0.15) is 45.2 Å². The molecule has 1 rings (SSSR count). The predicted molar refractivity (Wildman–Crippen MR) is 72.9 cm³/mol. The maximum absolute atomic E-state index is 12.8. The number of aliphatic hydroxyl groups is 1. The Balaban J connectivity index is 2.45. The summed E-state index contributed by atoms with van der Waals surface area (Å²) in [6.45, 7) is 7.58. The fourth-order valence-electron chi connectivity index (χ4n) is 1.94. The van der Waals surface area contributed by atoms with Crippen LogP contribution in [0.25, 0.3) is 0 Å². The van der Waals surface area contributed by atoms with E-state index in [1.54, 1.807) is 0 Å². The van der Waals surface area contributed by atoms with Crippen LogP contribution in [0.3, 0.4) is 0 Å². The standard InChI is InChI=1S/C15H24FNO/c1-12(13-5-7-14(16)8-6-13)17-11-15(2,3)9-4-10-18/h5-8,12,17-18H,4,9-11H2,1-3H3. The van der Waals surface area contributed by atoms with Gasteiger partial charge in [0.25, 0.3) is 0 Å². The van der Waals surface area contributed by atoms with E-state index in [-0.39, 0.29) is 23.9 Å². The van der Waals surface area contributed by atoms with Crippen molar-refractivity contribution in [3.05, 3.63) is 35.6 Å². The van der Waals surface area contributed by atoms with E-state index in [2.05, 4.69) is 26.1 Å². The summed E-state index contributed by atoms with van der Waals surface area (Å²) in [5.41, 5.74) is 1.26. The van der Waals surface area contributed by atoms with Crippen molar-refractivity contribution in [2.24, 2.45) is 5.41 Å². The summed E-state index contributed by atoms with van der Waals surface area (Å²) in [4.78, 5) is 0. The number of nitrogens with one attached hydrogen (secondary N) is 1. The van der Waals surface area contributed by atoms with Gasteiger partial charge in [-0.15, -0.1) is 0 Å². The van der Waals surface area contributed by atoms with Crippen LogP contribution >= 0.6 is 0 Å². The molecule has 2 N–H and O–H groups in total. The number of benzene rings is 1. The molecule has 18 heavy (non-hydrogen) atoms. The first-order valence-electron chi connectivity index (χ1n) is 6.54. The smallest absolute Gasteiger partial charge is 0.123 e. The van der Waals surface area contributed by atoms with Gasteiger partial charge in [-0.2, -0.15) is 0 Å². The van der Waals surface area contributed by atoms with Gasteiger partial charge in [-0.25, -0.2) is 4.39 Å². The van der Waals surface area contributed by atoms with Crippen LogP contribution in [0.2, 0.25) is 0 Å². The van der Waals surface area contributed by atoms with Crippen molar-refractivity contribution < 1.29 is 9.50 Å². The maximum Gasteiger partial charge on any atom is 0.123 e. The molecule has 1 unspecified atom stereocenters. The van der Waals surface area contributed by atoms with Gasteiger partial charge in [0.15, 0.2) is 0 Å². The average molecular weight is 253 g/mol. The minimum absolute atomic E-state index is 0.164. The van der Waals surface area contributed by atoms with Crippen molar-refractivity contribution in [2.45, 2.75) is 39.7 Å². The molecule has 0 saturated carbocycles. The number of hydrogen-bond donors (Lipinski definition) is 2. The van der Waals surface area contributed by atoms with Gasteiger partial charge >= 0.3 is 0 Å². The highest BCUT2D eigenvalue weighted by atomic mass is 19.1. The molecule has 0 radical (unpaired) electrons. The Hall–Kier alpha value is -0.930. The number of hydrogen-bond acceptors (Lipinski definition) is 2. The minimum Gasteiger partial charge on any atom is -0.396 e. The summed E-state index contributed by atoms with van der Waals surface area (Å²) < 4.78 is 12.8. The number of halogens is 1. The molecule has 0 aliphatic heterocycles. The Labute approximate surface area is 109 Å². The maximum atomic E-state index is 12.8. The lowest BCUT2D eigenvalue weighted by Crippen LogP contribution is -2.31. The van der Waals surface area contributed by atoms with Gasteiger partial charge in [0.1, 0.15) is 5.82 Å². The highest BCUT2D eigenvalue weighted by Gasteiger charge is 2.18. The van der Waals surface area contributed by atoms with Crippen LogP contribution in [0.4, 0.5) is 4.39 Å². The molecule has 1 aromatic carbocycles. The number of rotatable bonds is 7. The van der Waals surface area contributed by atoms with Crippen molar-refractivity contribution in [1.29, 1.82) is 0 Å². The molecular weight excluding hydrogens is 229 g/mol. The largest absolute Gasteiger partial charge is 0.396 e. The quantitative estimate of drug-likeness (QED) is 0.781. The van der Waals surface area contributed by atoms with Gasteiger partial charge in [-0.05, 0) is 42.9 Å². The van der Waals surface area contributed by atoms with Crippen LogP contribution in [0.15, 0.2) is 24.3 Å². The van der Waals surface area contributed by atoms with Crippen molar-refractivity contribution in [1.82, 2.24) is 5.32 Å². The zero-order valence-electron chi connectivity index (χ0n) is 11.5. The van der Waals surface area contributed by atoms with E-state index >= 15 is 0 Å². The van der Waals surface area contributed by atoms with E-state index in [4.69, 9.17) is 5.11 Å². The number of aliphatic hydroxyl groups excluding tert-OH is 1. The van der Waals surface area contributed by atoms with Crippen LogP contribution in [-0.4, -0.2) is 18.3 Å². The second kappa shape index (κ2) is 6.86. The summed E-state index contributed by atoms with van der Waals surface area (Å²) in [7, 11) is 0. The summed E-state index contributed by atoms with van der Waals surface area (Å²) >= 11 is 0. The monoisotopic (exact) mass is 253 g/mol. The van der Waals surface area contributed by atoms with E-state index in [0.717, 1.165) is 24.9 Å². The molecular formula is C15H24FNO. The minimum atomic E-state index is -0.200. The first kappa shape index (κ1) is 15.1. The summed E-state index contributed by atoms with van der Waals surface area (Å²) in [5.74, 6) is -0.200. The van der Waals surface area contributed by atoms with Gasteiger partial charge in [-0.1, -0.05) is 26.0 Å². The molecule has 1 atom stereocenters. The topological polar surface area (TPSA) is 32.3 Å². The summed E-state index contributed by atoms with van der Waals surface area (Å²) in [6, 6.07) is 6.81. The highest BCUT2D eigenvalue weighted by Crippen LogP contribution is 2.22. The van der Waals surface area contributed by atoms with Crippen molar-refractivity contribution in [2.75, 3.05) is 13.2 Å². The lowest BCUT2D eigenvalue weighted by atomic mass is 9.87. The Morgan fingerprint density at radius 3 is 2.44 bits per heavy atom. The van der Waals surface area contributed by atoms with E-state index in [9.17, 15) is 4.39 Å². The third kappa shape index (κ3) is 5.15. The second-order valence-electron chi connectivity index (χ2n) is 5.65. The normalized spacial score (nSPS) is 13.6. The molecule has 0 heterocycles. The molecule has 0 fully saturated rings. The molecule has 0 bridgehead atoms. The van der Waals surface area contributed by atoms with Crippen molar-refractivity contribution in [3.8, 4) is 0 Å². The zero-order chi connectivity index (χ0) is 13.6. The van der Waals surface area contributed by atoms with Gasteiger partial charge < -0.3 is 10.4 Å². The third-order valence-electron chi connectivity index (χ3n) is 3.27. The van der Waals surface area contributed by atoms with Crippen LogP contribution in [0.5, 0.6) is 0 Å². The Kier molecular flexibility index (Phi) is 5.76. The highest BCUT2D eigenvalue weighted by molar-refractivity contribution is 5.19. The fourth-order valence-corrected chi connectivity index (χ4v) is 1.94. The van der Waals surface area contributed by atoms with Crippen molar-refractivity contribution >= 4 is 0 Å². The van der Waals surface area contributed by atoms with Crippen molar-refractivity contribution in [3.63, 3.8) is 0 Å². The van der Waals surface area contributed by atoms with E-state index < -0.39 is 0 Å². The van der Waals surface area contributed by atoms with Crippen LogP contribution in [-0.2, 0) is 0 Å². The molecule has 0 spiro atoms. The van der Waals surface area contributed by atoms with Gasteiger partial charge in [0.05, 0.1) is 0 Å². The third-order valence-corrected chi connectivity index (χ3v) is 3.27. The molecule has 102 valence electrons. The summed E-state index contributed by atoms with van der Waals surface area (Å²) in [6.07, 6.45) is 1.83. The lowest BCUT2D eigenvalue weighted by Gasteiger charge is -2.27.